The van der Waals surface area contributed by atoms with Gasteiger partial charge in [-0.05, 0) is 36.5 Å². The molecular formula is C25H28. The lowest BCUT2D eigenvalue weighted by atomic mass is 9.67. The fraction of sp³-hybridized carbons (Fsp3) is 0.280. The zero-order chi connectivity index (χ0) is 17.5. The maximum atomic E-state index is 2.38. The van der Waals surface area contributed by atoms with E-state index >= 15 is 0 Å². The van der Waals surface area contributed by atoms with Crippen LogP contribution in [0.2, 0.25) is 0 Å². The third-order valence-corrected chi connectivity index (χ3v) is 5.20. The second-order valence-electron chi connectivity index (χ2n) is 7.08. The molecule has 0 nitrogen and oxygen atoms in total. The van der Waals surface area contributed by atoms with Gasteiger partial charge >= 0.3 is 0 Å². The van der Waals surface area contributed by atoms with E-state index in [0.29, 0.717) is 0 Å². The minimum absolute atomic E-state index is 0.0324. The Hall–Kier alpha value is -2.34. The number of aryl methyl sites for hydroxylation is 1. The Morgan fingerprint density at radius 1 is 0.720 bits per heavy atom. The molecule has 0 heteroatoms. The minimum Gasteiger partial charge on any atom is -0.0654 e. The van der Waals surface area contributed by atoms with Crippen LogP contribution in [0.15, 0.2) is 84.9 Å². The SMILES string of the molecule is CCCCC(Cc1ccccc1)(c1ccccc1)c1cccc(C)c1. The quantitative estimate of drug-likeness (QED) is 0.452. The average molecular weight is 328 g/mol. The van der Waals surface area contributed by atoms with Crippen molar-refractivity contribution in [3.63, 3.8) is 0 Å². The van der Waals surface area contributed by atoms with Crippen molar-refractivity contribution in [3.8, 4) is 0 Å². The van der Waals surface area contributed by atoms with E-state index < -0.39 is 0 Å². The van der Waals surface area contributed by atoms with E-state index in [4.69, 9.17) is 0 Å². The van der Waals surface area contributed by atoms with Crippen LogP contribution in [0.25, 0.3) is 0 Å². The molecule has 0 amide bonds. The molecule has 0 saturated carbocycles. The van der Waals surface area contributed by atoms with Crippen LogP contribution in [0.1, 0.15) is 48.4 Å². The first kappa shape index (κ1) is 17.5. The summed E-state index contributed by atoms with van der Waals surface area (Å²) < 4.78 is 0. The molecule has 0 aromatic heterocycles. The Balaban J connectivity index is 2.16. The van der Waals surface area contributed by atoms with E-state index in [1.54, 1.807) is 0 Å². The predicted octanol–water partition coefficient (Wildman–Crippen LogP) is 6.71. The van der Waals surface area contributed by atoms with Crippen LogP contribution < -0.4 is 0 Å². The number of hydrogen-bond acceptors (Lipinski definition) is 0. The molecule has 0 aliphatic heterocycles. The number of hydrogen-bond donors (Lipinski definition) is 0. The molecule has 0 fully saturated rings. The lowest BCUT2D eigenvalue weighted by molar-refractivity contribution is 0.448. The molecule has 3 rings (SSSR count). The molecule has 3 aromatic carbocycles. The first-order valence-electron chi connectivity index (χ1n) is 9.41. The Morgan fingerprint density at radius 2 is 1.36 bits per heavy atom. The van der Waals surface area contributed by atoms with Crippen molar-refractivity contribution in [1.82, 2.24) is 0 Å². The normalized spacial score (nSPS) is 13.4. The van der Waals surface area contributed by atoms with E-state index in [2.05, 4.69) is 98.8 Å². The van der Waals surface area contributed by atoms with Crippen LogP contribution in [0.5, 0.6) is 0 Å². The molecular weight excluding hydrogens is 300 g/mol. The Labute approximate surface area is 152 Å². The lowest BCUT2D eigenvalue weighted by Gasteiger charge is -2.36. The summed E-state index contributed by atoms with van der Waals surface area (Å²) in [6.45, 7) is 4.48. The van der Waals surface area contributed by atoms with Crippen LogP contribution in [-0.4, -0.2) is 0 Å². The highest BCUT2D eigenvalue weighted by molar-refractivity contribution is 5.43. The molecule has 0 heterocycles. The van der Waals surface area contributed by atoms with Gasteiger partial charge in [-0.3, -0.25) is 0 Å². The van der Waals surface area contributed by atoms with Crippen LogP contribution in [0, 0.1) is 6.92 Å². The highest BCUT2D eigenvalue weighted by atomic mass is 14.4. The standard InChI is InChI=1S/C25H28/c1-3-4-18-25(23-15-9-6-10-16-23,20-22-13-7-5-8-14-22)24-17-11-12-21(2)19-24/h5-17,19H,3-4,18,20H2,1-2H3. The van der Waals surface area contributed by atoms with E-state index in [9.17, 15) is 0 Å². The molecule has 0 saturated heterocycles. The second-order valence-corrected chi connectivity index (χ2v) is 7.08. The van der Waals surface area contributed by atoms with Crippen molar-refractivity contribution in [2.75, 3.05) is 0 Å². The predicted molar refractivity (Wildman–Crippen MR) is 108 cm³/mol. The van der Waals surface area contributed by atoms with E-state index in [1.807, 2.05) is 0 Å². The van der Waals surface area contributed by atoms with Gasteiger partial charge in [-0.2, -0.15) is 0 Å². The second kappa shape index (κ2) is 8.16. The minimum atomic E-state index is 0.0324. The summed E-state index contributed by atoms with van der Waals surface area (Å²) in [6, 6.07) is 31.1. The molecule has 128 valence electrons. The highest BCUT2D eigenvalue weighted by Gasteiger charge is 2.33. The van der Waals surface area contributed by atoms with Gasteiger partial charge < -0.3 is 0 Å². The molecule has 1 atom stereocenters. The molecule has 0 spiro atoms. The van der Waals surface area contributed by atoms with Crippen molar-refractivity contribution in [2.45, 2.75) is 44.9 Å². The van der Waals surface area contributed by atoms with Gasteiger partial charge in [0.2, 0.25) is 0 Å². The van der Waals surface area contributed by atoms with Gasteiger partial charge in [-0.1, -0.05) is 110 Å². The number of rotatable bonds is 7. The van der Waals surface area contributed by atoms with Gasteiger partial charge in [-0.15, -0.1) is 0 Å². The van der Waals surface area contributed by atoms with Gasteiger partial charge in [0.15, 0.2) is 0 Å². The van der Waals surface area contributed by atoms with Crippen LogP contribution in [0.4, 0.5) is 0 Å². The zero-order valence-electron chi connectivity index (χ0n) is 15.4. The van der Waals surface area contributed by atoms with Crippen LogP contribution in [0.3, 0.4) is 0 Å². The monoisotopic (exact) mass is 328 g/mol. The van der Waals surface area contributed by atoms with Crippen LogP contribution in [-0.2, 0) is 11.8 Å². The topological polar surface area (TPSA) is 0 Å². The van der Waals surface area contributed by atoms with Crippen molar-refractivity contribution >= 4 is 0 Å². The maximum Gasteiger partial charge on any atom is 0.0243 e. The van der Waals surface area contributed by atoms with Gasteiger partial charge in [-0.25, -0.2) is 0 Å². The van der Waals surface area contributed by atoms with Crippen molar-refractivity contribution in [3.05, 3.63) is 107 Å². The number of unbranched alkanes of at least 4 members (excludes halogenated alkanes) is 1. The van der Waals surface area contributed by atoms with Crippen molar-refractivity contribution < 1.29 is 0 Å². The summed E-state index contributed by atoms with van der Waals surface area (Å²) >= 11 is 0. The van der Waals surface area contributed by atoms with E-state index in [0.717, 1.165) is 6.42 Å². The summed E-state index contributed by atoms with van der Waals surface area (Å²) in [6.07, 6.45) is 4.66. The molecule has 3 aromatic rings. The van der Waals surface area contributed by atoms with Gasteiger partial charge in [0.25, 0.3) is 0 Å². The average Bonchev–Trinajstić information content (AvgIpc) is 2.67. The maximum absolute atomic E-state index is 2.38. The Morgan fingerprint density at radius 3 is 2.00 bits per heavy atom. The fourth-order valence-corrected chi connectivity index (χ4v) is 3.87. The van der Waals surface area contributed by atoms with Gasteiger partial charge in [0.1, 0.15) is 0 Å². The first-order chi connectivity index (χ1) is 12.2. The van der Waals surface area contributed by atoms with Gasteiger partial charge in [0.05, 0.1) is 0 Å². The summed E-state index contributed by atoms with van der Waals surface area (Å²) in [5.74, 6) is 0. The fourth-order valence-electron chi connectivity index (χ4n) is 3.87. The summed E-state index contributed by atoms with van der Waals surface area (Å²) in [5, 5.41) is 0. The van der Waals surface area contributed by atoms with Crippen molar-refractivity contribution in [1.29, 1.82) is 0 Å². The summed E-state index contributed by atoms with van der Waals surface area (Å²) in [7, 11) is 0. The molecule has 0 radical (unpaired) electrons. The van der Waals surface area contributed by atoms with E-state index in [1.165, 1.54) is 41.5 Å². The first-order valence-corrected chi connectivity index (χ1v) is 9.41. The molecule has 0 bridgehead atoms. The largest absolute Gasteiger partial charge is 0.0654 e. The third kappa shape index (κ3) is 4.02. The molecule has 1 unspecified atom stereocenters. The van der Waals surface area contributed by atoms with E-state index in [-0.39, 0.29) is 5.41 Å². The molecule has 0 aliphatic rings. The molecule has 0 N–H and O–H groups in total. The van der Waals surface area contributed by atoms with Gasteiger partial charge in [0, 0.05) is 5.41 Å². The third-order valence-electron chi connectivity index (χ3n) is 5.20. The summed E-state index contributed by atoms with van der Waals surface area (Å²) in [5.41, 5.74) is 5.64. The molecule has 0 aliphatic carbocycles. The van der Waals surface area contributed by atoms with Crippen molar-refractivity contribution in [2.24, 2.45) is 0 Å². The summed E-state index contributed by atoms with van der Waals surface area (Å²) in [4.78, 5) is 0. The Bertz CT molecular complexity index is 773. The smallest absolute Gasteiger partial charge is 0.0243 e. The molecule has 25 heavy (non-hydrogen) atoms. The highest BCUT2D eigenvalue weighted by Crippen LogP contribution is 2.40. The van der Waals surface area contributed by atoms with Crippen LogP contribution >= 0.6 is 0 Å². The number of benzene rings is 3. The lowest BCUT2D eigenvalue weighted by Crippen LogP contribution is -2.31. The zero-order valence-corrected chi connectivity index (χ0v) is 15.4. The Kier molecular flexibility index (Phi) is 5.71.